The molecule has 2 aromatic carbocycles. The van der Waals surface area contributed by atoms with Gasteiger partial charge in [-0.15, -0.1) is 0 Å². The number of benzene rings is 2. The van der Waals surface area contributed by atoms with E-state index >= 15 is 0 Å². The van der Waals surface area contributed by atoms with E-state index in [1.165, 1.54) is 34.0 Å². The predicted octanol–water partition coefficient (Wildman–Crippen LogP) is 12.2. The molecule has 0 radical (unpaired) electrons. The molecule has 0 bridgehead atoms. The molecule has 8 N–H and O–H groups in total. The van der Waals surface area contributed by atoms with Crippen LogP contribution >= 0.6 is 69.0 Å². The molecule has 0 aliphatic carbocycles. The first-order chi connectivity index (χ1) is 47.1. The van der Waals surface area contributed by atoms with Gasteiger partial charge < -0.3 is 41.2 Å². The van der Waals surface area contributed by atoms with E-state index in [1.54, 1.807) is 87.6 Å². The zero-order chi connectivity index (χ0) is 74.3. The summed E-state index contributed by atoms with van der Waals surface area (Å²) in [6.45, 7) is 12.0. The van der Waals surface area contributed by atoms with E-state index in [2.05, 4.69) is 86.8 Å². The highest BCUT2D eigenvalue weighted by atomic mass is 127. The molecule has 1 aliphatic rings. The molecule has 1 fully saturated rings. The van der Waals surface area contributed by atoms with Crippen LogP contribution in [0.3, 0.4) is 0 Å². The molecule has 33 heteroatoms. The summed E-state index contributed by atoms with van der Waals surface area (Å²) < 4.78 is 43.8. The molecular weight excluding hydrogens is 1490 g/mol. The van der Waals surface area contributed by atoms with Crippen molar-refractivity contribution in [3.05, 3.63) is 248 Å². The monoisotopic (exact) mass is 1560 g/mol. The van der Waals surface area contributed by atoms with Crippen LogP contribution in [0.1, 0.15) is 81.7 Å². The minimum Gasteiger partial charge on any atom is -0.478 e. The van der Waals surface area contributed by atoms with Gasteiger partial charge in [-0.1, -0.05) is 77.6 Å². The first-order valence-corrected chi connectivity index (χ1v) is 32.1. The summed E-state index contributed by atoms with van der Waals surface area (Å²) in [5, 5.41) is 45.0. The molecule has 11 rings (SSSR count). The SMILES string of the molecule is CC1(C)OB(c2cc(Cl)nc(Cl)c2)OC1(C)C.C[C@H](Cc1cc(-c2cnn(C)c2)cc(Cc2cnccn2)n1)c1ccc(F)cc1.C[C@H](N)c1ccc(F)cc1.Cn1cc(-c2cc(Cl)nc(Cl)c2)cn1.Cn1cc(I)cn1.Nc1cnccn1.O=C(O)/C=C\C(=O)O.O=C(O)/C=C\C(=O)O. The number of nitrogen functional groups attached to an aromatic ring is 1. The standard InChI is InChI=1S/C23H22FN5.C11H14BCl2NO2.C9H7Cl2N3.C8H10FN.C4H5IN2.C4H5N3.2C4H4O4/c1-16(17-3-5-20(24)6-4-17)9-21-10-18(19-13-27-29(2)15-19)11-22(28-21)12-23-14-25-7-8-26-23;1-10(2)11(3,4)17-12(16-10)7-5-8(13)15-9(14)6-7;1-14-5-7(4-12-14)6-2-8(10)13-9(11)3-6;1-6(10)7-2-4-8(9)5-3-7;1-7-3-4(5)2-6-7;5-4-3-6-1-2-7-4;2*5-3(6)1-2-4(7)8/h3-8,10-11,13-16H,9,12H2,1-2H3;5-6H,1-4H3;2-5H,1H3;2-6H,10H2,1H3;2-3H,1H3;1-3H,(H2,5,7);2*1-2H,(H,5,6)(H,7,8)/b;;;;;;2*2-1-/t16-;;;6-;;;;/m1..0..../s1. The molecule has 2 atom stereocenters. The van der Waals surface area contributed by atoms with Crippen molar-refractivity contribution in [1.29, 1.82) is 0 Å². The summed E-state index contributed by atoms with van der Waals surface area (Å²) in [5.74, 6) is -4.79. The Labute approximate surface area is 609 Å². The van der Waals surface area contributed by atoms with Crippen LogP contribution in [0.2, 0.25) is 20.6 Å². The molecule has 0 amide bonds. The molecule has 526 valence electrons. The Hall–Kier alpha value is -9.47. The summed E-state index contributed by atoms with van der Waals surface area (Å²) in [7, 11) is 5.21. The van der Waals surface area contributed by atoms with Crippen molar-refractivity contribution in [3.63, 3.8) is 0 Å². The molecule has 0 unspecified atom stereocenters. The van der Waals surface area contributed by atoms with E-state index in [4.69, 9.17) is 92.6 Å². The predicted molar refractivity (Wildman–Crippen MR) is 386 cm³/mol. The van der Waals surface area contributed by atoms with Crippen LogP contribution in [-0.2, 0) is 62.5 Å². The van der Waals surface area contributed by atoms with Gasteiger partial charge in [0.25, 0.3) is 0 Å². The number of aromatic nitrogens is 13. The zero-order valence-electron chi connectivity index (χ0n) is 55.3. The number of carbonyl (C=O) groups is 4. The lowest BCUT2D eigenvalue weighted by Crippen LogP contribution is -2.41. The first kappa shape index (κ1) is 83.0. The van der Waals surface area contributed by atoms with E-state index in [-0.39, 0.29) is 34.8 Å². The van der Waals surface area contributed by atoms with E-state index < -0.39 is 31.0 Å². The lowest BCUT2D eigenvalue weighted by Gasteiger charge is -2.32. The number of rotatable bonds is 13. The fourth-order valence-corrected chi connectivity index (χ4v) is 9.43. The Balaban J connectivity index is 0.000000259. The van der Waals surface area contributed by atoms with Crippen LogP contribution in [0.15, 0.2) is 184 Å². The third kappa shape index (κ3) is 31.6. The molecule has 1 saturated heterocycles. The van der Waals surface area contributed by atoms with Gasteiger partial charge in [-0.3, -0.25) is 34.0 Å². The Kier molecular flexibility index (Phi) is 34.2. The van der Waals surface area contributed by atoms with Gasteiger partial charge in [0, 0.05) is 130 Å². The number of nitrogens with zero attached hydrogens (tertiary/aromatic N) is 13. The van der Waals surface area contributed by atoms with Crippen LogP contribution in [-0.4, -0.2) is 127 Å². The maximum absolute atomic E-state index is 13.2. The lowest BCUT2D eigenvalue weighted by molar-refractivity contribution is -0.134. The molecule has 1 aliphatic heterocycles. The second kappa shape index (κ2) is 41.2. The van der Waals surface area contributed by atoms with Crippen molar-refractivity contribution >= 4 is 111 Å². The molecule has 100 heavy (non-hydrogen) atoms. The number of carboxylic acids is 4. The van der Waals surface area contributed by atoms with Crippen molar-refractivity contribution in [1.82, 2.24) is 64.2 Å². The van der Waals surface area contributed by atoms with Crippen molar-refractivity contribution in [3.8, 4) is 22.3 Å². The van der Waals surface area contributed by atoms with E-state index in [0.717, 1.165) is 62.3 Å². The smallest absolute Gasteiger partial charge is 0.478 e. The Morgan fingerprint density at radius 3 is 1.31 bits per heavy atom. The lowest BCUT2D eigenvalue weighted by atomic mass is 9.80. The largest absolute Gasteiger partial charge is 0.495 e. The number of nitrogens with two attached hydrogens (primary N) is 2. The fourth-order valence-electron chi connectivity index (χ4n) is 7.97. The summed E-state index contributed by atoms with van der Waals surface area (Å²) in [6, 6.07) is 24.0. The normalized spacial score (nSPS) is 12.8. The summed E-state index contributed by atoms with van der Waals surface area (Å²) in [4.78, 5) is 66.8. The highest BCUT2D eigenvalue weighted by Gasteiger charge is 2.52. The van der Waals surface area contributed by atoms with E-state index in [0.29, 0.717) is 57.2 Å². The molecular formula is C67H71BCl4F2IN15O10. The zero-order valence-corrected chi connectivity index (χ0v) is 60.5. The first-order valence-electron chi connectivity index (χ1n) is 29.5. The molecule has 0 spiro atoms. The van der Waals surface area contributed by atoms with Gasteiger partial charge in [0.15, 0.2) is 0 Å². The van der Waals surface area contributed by atoms with Crippen molar-refractivity contribution in [2.45, 2.75) is 77.5 Å². The highest BCUT2D eigenvalue weighted by molar-refractivity contribution is 14.1. The summed E-state index contributed by atoms with van der Waals surface area (Å²) in [6.07, 6.45) is 24.6. The van der Waals surface area contributed by atoms with Gasteiger partial charge >= 0.3 is 31.0 Å². The van der Waals surface area contributed by atoms with Crippen molar-refractivity contribution in [2.24, 2.45) is 26.9 Å². The van der Waals surface area contributed by atoms with Crippen molar-refractivity contribution in [2.75, 3.05) is 5.73 Å². The Morgan fingerprint density at radius 1 is 0.550 bits per heavy atom. The number of aliphatic carboxylic acids is 4. The van der Waals surface area contributed by atoms with Gasteiger partial charge in [0.05, 0.1) is 45.3 Å². The number of halogens is 7. The molecule has 9 heterocycles. The van der Waals surface area contributed by atoms with Crippen LogP contribution in [0, 0.1) is 15.2 Å². The minimum absolute atomic E-state index is 0.0133. The fraction of sp³-hybridized carbons (Fsp3) is 0.224. The number of pyridine rings is 3. The molecule has 8 aromatic heterocycles. The summed E-state index contributed by atoms with van der Waals surface area (Å²) in [5.41, 5.74) is 19.6. The van der Waals surface area contributed by atoms with Gasteiger partial charge in [0.1, 0.15) is 38.1 Å². The quantitative estimate of drug-likeness (QED) is 0.0270. The topological polar surface area (TPSA) is 363 Å². The maximum atomic E-state index is 13.2. The summed E-state index contributed by atoms with van der Waals surface area (Å²) >= 11 is 25.5. The van der Waals surface area contributed by atoms with E-state index in [1.807, 2.05) is 98.9 Å². The molecule has 0 saturated carbocycles. The average molecular weight is 1560 g/mol. The second-order valence-electron chi connectivity index (χ2n) is 22.1. The van der Waals surface area contributed by atoms with Crippen molar-refractivity contribution < 1.29 is 57.7 Å². The van der Waals surface area contributed by atoms with Crippen LogP contribution in [0.4, 0.5) is 14.6 Å². The Morgan fingerprint density at radius 2 is 0.960 bits per heavy atom. The number of carboxylic acid groups (broad SMARTS) is 4. The molecule has 10 aromatic rings. The van der Waals surface area contributed by atoms with Crippen LogP contribution in [0.5, 0.6) is 0 Å². The van der Waals surface area contributed by atoms with Gasteiger partial charge in [0.2, 0.25) is 0 Å². The number of anilines is 1. The average Bonchev–Trinajstić information content (AvgIpc) is 1.62. The number of aryl methyl sites for hydroxylation is 3. The Bertz CT molecular complexity index is 4160. The van der Waals surface area contributed by atoms with Crippen LogP contribution < -0.4 is 16.9 Å². The second-order valence-corrected chi connectivity index (χ2v) is 24.9. The van der Waals surface area contributed by atoms with Gasteiger partial charge in [-0.2, -0.15) is 15.3 Å². The molecule has 25 nitrogen and oxygen atoms in total. The minimum atomic E-state index is -1.26. The van der Waals surface area contributed by atoms with Gasteiger partial charge in [-0.25, -0.2) is 42.9 Å². The third-order valence-electron chi connectivity index (χ3n) is 13.4. The van der Waals surface area contributed by atoms with E-state index in [9.17, 15) is 28.0 Å². The number of hydrogen-bond acceptors (Lipinski definition) is 18. The van der Waals surface area contributed by atoms with Gasteiger partial charge in [-0.05, 0) is 158 Å². The number of hydrogen-bond donors (Lipinski definition) is 6. The highest BCUT2D eigenvalue weighted by Crippen LogP contribution is 2.37. The third-order valence-corrected chi connectivity index (χ3v) is 14.7. The van der Waals surface area contributed by atoms with Crippen LogP contribution in [0.25, 0.3) is 22.3 Å². The maximum Gasteiger partial charge on any atom is 0.495 e.